The van der Waals surface area contributed by atoms with E-state index in [-0.39, 0.29) is 5.91 Å². The van der Waals surface area contributed by atoms with Crippen molar-refractivity contribution in [3.8, 4) is 0 Å². The molecule has 7 heteroatoms. The summed E-state index contributed by atoms with van der Waals surface area (Å²) in [6.07, 6.45) is 6.58. The molecule has 0 aliphatic carbocycles. The third-order valence-corrected chi connectivity index (χ3v) is 4.36. The van der Waals surface area contributed by atoms with Gasteiger partial charge in [0.1, 0.15) is 5.82 Å². The fourth-order valence-electron chi connectivity index (χ4n) is 2.99. The van der Waals surface area contributed by atoms with Crippen molar-refractivity contribution < 1.29 is 4.79 Å². The molecule has 1 saturated heterocycles. The predicted molar refractivity (Wildman–Crippen MR) is 97.5 cm³/mol. The molecule has 0 saturated carbocycles. The Morgan fingerprint density at radius 2 is 2.08 bits per heavy atom. The molecular formula is C18H26N6O. The zero-order chi connectivity index (χ0) is 17.5. The lowest BCUT2D eigenvalue weighted by molar-refractivity contribution is -0.122. The van der Waals surface area contributed by atoms with Crippen LogP contribution < -0.4 is 10.2 Å². The van der Waals surface area contributed by atoms with Crippen LogP contribution in [0.15, 0.2) is 36.8 Å². The summed E-state index contributed by atoms with van der Waals surface area (Å²) in [5.74, 6) is 1.11. The molecule has 1 aliphatic rings. The van der Waals surface area contributed by atoms with E-state index < -0.39 is 0 Å². The Bertz CT molecular complexity index is 663. The number of nitrogens with one attached hydrogen (secondary N) is 1. The Balaban J connectivity index is 1.31. The number of hydrogen-bond donors (Lipinski definition) is 1. The minimum Gasteiger partial charge on any atom is -0.355 e. The monoisotopic (exact) mass is 342 g/mol. The maximum absolute atomic E-state index is 12.1. The minimum absolute atomic E-state index is 0.0999. The molecule has 2 aromatic rings. The standard InChI is InChI=1S/C18H26N6O/c1-16-13-21-24(14-16)8-4-7-20-18(25)15-22-9-11-23(12-10-22)17-5-2-3-6-19-17/h2-3,5-6,13-14H,4,7-12,15H2,1H3,(H,20,25). The van der Waals surface area contributed by atoms with Crippen LogP contribution in [0.3, 0.4) is 0 Å². The molecule has 0 radical (unpaired) electrons. The van der Waals surface area contributed by atoms with Crippen molar-refractivity contribution in [2.75, 3.05) is 44.2 Å². The highest BCUT2D eigenvalue weighted by molar-refractivity contribution is 5.78. The number of pyridine rings is 1. The third-order valence-electron chi connectivity index (χ3n) is 4.36. The number of carbonyl (C=O) groups excluding carboxylic acids is 1. The summed E-state index contributed by atoms with van der Waals surface area (Å²) >= 11 is 0. The van der Waals surface area contributed by atoms with Crippen LogP contribution in [0.1, 0.15) is 12.0 Å². The lowest BCUT2D eigenvalue weighted by atomic mass is 10.3. The molecule has 1 fully saturated rings. The van der Waals surface area contributed by atoms with Gasteiger partial charge < -0.3 is 10.2 Å². The highest BCUT2D eigenvalue weighted by Crippen LogP contribution is 2.12. The van der Waals surface area contributed by atoms with Gasteiger partial charge in [0.2, 0.25) is 5.91 Å². The van der Waals surface area contributed by atoms with Gasteiger partial charge >= 0.3 is 0 Å². The van der Waals surface area contributed by atoms with Crippen molar-refractivity contribution in [3.63, 3.8) is 0 Å². The summed E-state index contributed by atoms with van der Waals surface area (Å²) < 4.78 is 1.92. The van der Waals surface area contributed by atoms with E-state index >= 15 is 0 Å². The van der Waals surface area contributed by atoms with Crippen LogP contribution in [-0.4, -0.2) is 64.8 Å². The second kappa shape index (κ2) is 8.62. The smallest absolute Gasteiger partial charge is 0.234 e. The highest BCUT2D eigenvalue weighted by atomic mass is 16.2. The van der Waals surface area contributed by atoms with E-state index in [1.54, 1.807) is 0 Å². The molecule has 1 amide bonds. The van der Waals surface area contributed by atoms with Crippen LogP contribution in [0.4, 0.5) is 5.82 Å². The molecule has 3 rings (SSSR count). The van der Waals surface area contributed by atoms with Crippen LogP contribution >= 0.6 is 0 Å². The third kappa shape index (κ3) is 5.29. The van der Waals surface area contributed by atoms with Crippen molar-refractivity contribution in [1.29, 1.82) is 0 Å². The first-order valence-electron chi connectivity index (χ1n) is 8.85. The molecule has 2 aromatic heterocycles. The van der Waals surface area contributed by atoms with Gasteiger partial charge in [-0.25, -0.2) is 4.98 Å². The summed E-state index contributed by atoms with van der Waals surface area (Å²) in [6, 6.07) is 5.97. The molecular weight excluding hydrogens is 316 g/mol. The molecule has 25 heavy (non-hydrogen) atoms. The van der Waals surface area contributed by atoms with Gasteiger partial charge in [-0.15, -0.1) is 0 Å². The van der Waals surface area contributed by atoms with Gasteiger partial charge in [-0.05, 0) is 31.0 Å². The first-order valence-corrected chi connectivity index (χ1v) is 8.85. The van der Waals surface area contributed by atoms with Gasteiger partial charge in [0, 0.05) is 51.7 Å². The maximum Gasteiger partial charge on any atom is 0.234 e. The number of rotatable bonds is 7. The van der Waals surface area contributed by atoms with Crippen LogP contribution in [0, 0.1) is 6.92 Å². The summed E-state index contributed by atoms with van der Waals surface area (Å²) in [6.45, 7) is 7.59. The van der Waals surface area contributed by atoms with E-state index in [9.17, 15) is 4.79 Å². The Morgan fingerprint density at radius 1 is 1.24 bits per heavy atom. The van der Waals surface area contributed by atoms with Gasteiger partial charge in [-0.2, -0.15) is 5.10 Å². The average Bonchev–Trinajstić information content (AvgIpc) is 3.05. The minimum atomic E-state index is 0.0999. The first-order chi connectivity index (χ1) is 12.2. The number of piperazine rings is 1. The van der Waals surface area contributed by atoms with Crippen molar-refractivity contribution in [1.82, 2.24) is 25.0 Å². The molecule has 134 valence electrons. The molecule has 1 aliphatic heterocycles. The van der Waals surface area contributed by atoms with Crippen molar-refractivity contribution in [3.05, 3.63) is 42.4 Å². The number of aryl methyl sites for hydroxylation is 2. The second-order valence-corrected chi connectivity index (χ2v) is 6.44. The van der Waals surface area contributed by atoms with Crippen molar-refractivity contribution >= 4 is 11.7 Å². The summed E-state index contributed by atoms with van der Waals surface area (Å²) in [5.41, 5.74) is 1.16. The second-order valence-electron chi connectivity index (χ2n) is 6.44. The van der Waals surface area contributed by atoms with Crippen LogP contribution in [0.2, 0.25) is 0 Å². The Morgan fingerprint density at radius 3 is 2.76 bits per heavy atom. The van der Waals surface area contributed by atoms with Gasteiger partial charge in [-0.1, -0.05) is 6.07 Å². The fourth-order valence-corrected chi connectivity index (χ4v) is 2.99. The predicted octanol–water partition coefficient (Wildman–Crippen LogP) is 0.915. The fraction of sp³-hybridized carbons (Fsp3) is 0.500. The molecule has 3 heterocycles. The molecule has 0 atom stereocenters. The first kappa shape index (κ1) is 17.4. The summed E-state index contributed by atoms with van der Waals surface area (Å²) in [5, 5.41) is 7.25. The molecule has 0 bridgehead atoms. The van der Waals surface area contributed by atoms with E-state index in [1.807, 2.05) is 48.4 Å². The quantitative estimate of drug-likeness (QED) is 0.758. The molecule has 7 nitrogen and oxygen atoms in total. The van der Waals surface area contributed by atoms with Crippen molar-refractivity contribution in [2.24, 2.45) is 0 Å². The van der Waals surface area contributed by atoms with E-state index in [0.717, 1.165) is 50.5 Å². The molecule has 1 N–H and O–H groups in total. The Hall–Kier alpha value is -2.41. The lowest BCUT2D eigenvalue weighted by Crippen LogP contribution is -2.49. The van der Waals surface area contributed by atoms with E-state index in [0.29, 0.717) is 13.1 Å². The number of hydrogen-bond acceptors (Lipinski definition) is 5. The van der Waals surface area contributed by atoms with Crippen LogP contribution in [0.5, 0.6) is 0 Å². The Kier molecular flexibility index (Phi) is 6.00. The van der Waals surface area contributed by atoms with Gasteiger partial charge in [0.05, 0.1) is 12.7 Å². The number of anilines is 1. The van der Waals surface area contributed by atoms with Gasteiger partial charge in [-0.3, -0.25) is 14.4 Å². The molecule has 0 spiro atoms. The van der Waals surface area contributed by atoms with E-state index in [4.69, 9.17) is 0 Å². The normalized spacial score (nSPS) is 15.3. The Labute approximate surface area is 148 Å². The lowest BCUT2D eigenvalue weighted by Gasteiger charge is -2.34. The summed E-state index contributed by atoms with van der Waals surface area (Å²) in [7, 11) is 0. The number of amides is 1. The van der Waals surface area contributed by atoms with Gasteiger partial charge in [0.15, 0.2) is 0 Å². The topological polar surface area (TPSA) is 66.3 Å². The SMILES string of the molecule is Cc1cnn(CCCNC(=O)CN2CCN(c3ccccn3)CC2)c1. The number of carbonyl (C=O) groups is 1. The van der Waals surface area contributed by atoms with E-state index in [1.165, 1.54) is 0 Å². The van der Waals surface area contributed by atoms with Crippen LogP contribution in [-0.2, 0) is 11.3 Å². The zero-order valence-electron chi connectivity index (χ0n) is 14.8. The van der Waals surface area contributed by atoms with Crippen LogP contribution in [0.25, 0.3) is 0 Å². The zero-order valence-corrected chi connectivity index (χ0v) is 14.8. The highest BCUT2D eigenvalue weighted by Gasteiger charge is 2.19. The largest absolute Gasteiger partial charge is 0.355 e. The van der Waals surface area contributed by atoms with Crippen molar-refractivity contribution in [2.45, 2.75) is 19.9 Å². The van der Waals surface area contributed by atoms with Gasteiger partial charge in [0.25, 0.3) is 0 Å². The number of aromatic nitrogens is 3. The summed E-state index contributed by atoms with van der Waals surface area (Å²) in [4.78, 5) is 20.9. The molecule has 0 unspecified atom stereocenters. The molecule has 0 aromatic carbocycles. The van der Waals surface area contributed by atoms with E-state index in [2.05, 4.69) is 25.2 Å². The number of nitrogens with zero attached hydrogens (tertiary/aromatic N) is 5. The maximum atomic E-state index is 12.1. The average molecular weight is 342 g/mol.